The van der Waals surface area contributed by atoms with Gasteiger partial charge < -0.3 is 5.32 Å². The third kappa shape index (κ3) is 4.65. The van der Waals surface area contributed by atoms with Crippen molar-refractivity contribution in [3.8, 4) is 0 Å². The van der Waals surface area contributed by atoms with Gasteiger partial charge in [0, 0.05) is 6.04 Å². The fourth-order valence-corrected chi connectivity index (χ4v) is 3.15. The fraction of sp³-hybridized carbons (Fsp3) is 0.667. The Morgan fingerprint density at radius 2 is 1.84 bits per heavy atom. The molecule has 2 rings (SSSR count). The molecule has 0 aromatic heterocycles. The third-order valence-corrected chi connectivity index (χ3v) is 4.29. The Balaban J connectivity index is 1.67. The number of hydrogen-bond donors (Lipinski definition) is 1. The molecule has 106 valence electrons. The number of rotatable bonds is 8. The standard InChI is InChI=1S/C18H29N/c1-2-3-4-5-6-9-15-19-18-14-10-12-16-11-7-8-13-17(16)18/h7-8,11,13,18-19H,2-6,9-10,12,14-15H2,1H3. The van der Waals surface area contributed by atoms with Crippen molar-refractivity contribution in [2.45, 2.75) is 70.8 Å². The molecule has 0 radical (unpaired) electrons. The summed E-state index contributed by atoms with van der Waals surface area (Å²) in [6, 6.07) is 9.58. The van der Waals surface area contributed by atoms with Gasteiger partial charge in [-0.15, -0.1) is 0 Å². The van der Waals surface area contributed by atoms with Crippen molar-refractivity contribution in [2.75, 3.05) is 6.54 Å². The highest BCUT2D eigenvalue weighted by Crippen LogP contribution is 2.29. The number of unbranched alkanes of at least 4 members (excludes halogenated alkanes) is 5. The van der Waals surface area contributed by atoms with Gasteiger partial charge in [-0.05, 0) is 43.4 Å². The molecule has 1 aliphatic rings. The minimum Gasteiger partial charge on any atom is -0.310 e. The van der Waals surface area contributed by atoms with E-state index >= 15 is 0 Å². The highest BCUT2D eigenvalue weighted by atomic mass is 14.9. The van der Waals surface area contributed by atoms with Crippen LogP contribution in [-0.2, 0) is 6.42 Å². The van der Waals surface area contributed by atoms with Crippen LogP contribution in [0, 0.1) is 0 Å². The molecule has 1 aromatic carbocycles. The topological polar surface area (TPSA) is 12.0 Å². The third-order valence-electron chi connectivity index (χ3n) is 4.29. The minimum absolute atomic E-state index is 0.612. The summed E-state index contributed by atoms with van der Waals surface area (Å²) in [7, 11) is 0. The molecule has 1 unspecified atom stereocenters. The fourth-order valence-electron chi connectivity index (χ4n) is 3.15. The molecule has 0 saturated heterocycles. The Bertz CT molecular complexity index is 358. The van der Waals surface area contributed by atoms with Crippen molar-refractivity contribution in [1.82, 2.24) is 5.32 Å². The predicted molar refractivity (Wildman–Crippen MR) is 83.5 cm³/mol. The highest BCUT2D eigenvalue weighted by Gasteiger charge is 2.18. The summed E-state index contributed by atoms with van der Waals surface area (Å²) < 4.78 is 0. The van der Waals surface area contributed by atoms with Crippen LogP contribution in [0.2, 0.25) is 0 Å². The lowest BCUT2D eigenvalue weighted by Gasteiger charge is -2.26. The molecular formula is C18H29N. The maximum atomic E-state index is 3.77. The van der Waals surface area contributed by atoms with E-state index < -0.39 is 0 Å². The van der Waals surface area contributed by atoms with E-state index in [9.17, 15) is 0 Å². The smallest absolute Gasteiger partial charge is 0.0323 e. The van der Waals surface area contributed by atoms with Crippen molar-refractivity contribution >= 4 is 0 Å². The summed E-state index contributed by atoms with van der Waals surface area (Å²) in [5.41, 5.74) is 3.12. The van der Waals surface area contributed by atoms with Crippen LogP contribution in [-0.4, -0.2) is 6.54 Å². The van der Waals surface area contributed by atoms with Crippen LogP contribution in [0.25, 0.3) is 0 Å². The maximum absolute atomic E-state index is 3.77. The van der Waals surface area contributed by atoms with Gasteiger partial charge in [-0.1, -0.05) is 63.3 Å². The van der Waals surface area contributed by atoms with Gasteiger partial charge in [0.1, 0.15) is 0 Å². The largest absolute Gasteiger partial charge is 0.310 e. The Kier molecular flexibility index (Phi) is 6.43. The summed E-state index contributed by atoms with van der Waals surface area (Å²) in [4.78, 5) is 0. The molecule has 19 heavy (non-hydrogen) atoms. The second kappa shape index (κ2) is 8.37. The van der Waals surface area contributed by atoms with E-state index in [1.54, 1.807) is 11.1 Å². The number of fused-ring (bicyclic) bond motifs is 1. The summed E-state index contributed by atoms with van der Waals surface area (Å²) in [6.45, 7) is 3.47. The summed E-state index contributed by atoms with van der Waals surface area (Å²) >= 11 is 0. The molecule has 1 aliphatic carbocycles. The molecule has 0 bridgehead atoms. The molecule has 0 spiro atoms. The zero-order valence-corrected chi connectivity index (χ0v) is 12.5. The average molecular weight is 259 g/mol. The van der Waals surface area contributed by atoms with Gasteiger partial charge in [0.15, 0.2) is 0 Å². The van der Waals surface area contributed by atoms with E-state index in [4.69, 9.17) is 0 Å². The van der Waals surface area contributed by atoms with Crippen LogP contribution in [0.1, 0.15) is 75.5 Å². The van der Waals surface area contributed by atoms with Crippen LogP contribution in [0.5, 0.6) is 0 Å². The van der Waals surface area contributed by atoms with Crippen LogP contribution < -0.4 is 5.32 Å². The van der Waals surface area contributed by atoms with E-state index in [0.717, 1.165) is 0 Å². The summed E-state index contributed by atoms with van der Waals surface area (Å²) in [5.74, 6) is 0. The number of benzene rings is 1. The van der Waals surface area contributed by atoms with Crippen molar-refractivity contribution in [3.63, 3.8) is 0 Å². The molecule has 1 N–H and O–H groups in total. The predicted octanol–water partition coefficient (Wildman–Crippen LogP) is 5.01. The maximum Gasteiger partial charge on any atom is 0.0323 e. The number of nitrogens with one attached hydrogen (secondary N) is 1. The van der Waals surface area contributed by atoms with E-state index in [1.165, 1.54) is 64.3 Å². The van der Waals surface area contributed by atoms with Crippen LogP contribution in [0.15, 0.2) is 24.3 Å². The lowest BCUT2D eigenvalue weighted by molar-refractivity contribution is 0.448. The van der Waals surface area contributed by atoms with Gasteiger partial charge in [-0.3, -0.25) is 0 Å². The van der Waals surface area contributed by atoms with Crippen LogP contribution >= 0.6 is 0 Å². The SMILES string of the molecule is CCCCCCCCNC1CCCc2ccccc21. The molecule has 1 atom stereocenters. The van der Waals surface area contributed by atoms with Crippen molar-refractivity contribution < 1.29 is 0 Å². The molecule has 1 heteroatoms. The molecule has 0 saturated carbocycles. The Morgan fingerprint density at radius 1 is 1.05 bits per heavy atom. The van der Waals surface area contributed by atoms with Crippen LogP contribution in [0.3, 0.4) is 0 Å². The lowest BCUT2D eigenvalue weighted by Crippen LogP contribution is -2.26. The Labute approximate surface area is 118 Å². The molecule has 0 amide bonds. The first-order valence-electron chi connectivity index (χ1n) is 8.23. The Hall–Kier alpha value is -0.820. The first-order valence-corrected chi connectivity index (χ1v) is 8.23. The Morgan fingerprint density at radius 3 is 2.74 bits per heavy atom. The van der Waals surface area contributed by atoms with E-state index in [0.29, 0.717) is 6.04 Å². The van der Waals surface area contributed by atoms with E-state index in [1.807, 2.05) is 0 Å². The van der Waals surface area contributed by atoms with Gasteiger partial charge in [-0.2, -0.15) is 0 Å². The summed E-state index contributed by atoms with van der Waals surface area (Å²) in [5, 5.41) is 3.77. The molecule has 0 heterocycles. The van der Waals surface area contributed by atoms with Gasteiger partial charge in [0.25, 0.3) is 0 Å². The van der Waals surface area contributed by atoms with Crippen molar-refractivity contribution in [1.29, 1.82) is 0 Å². The van der Waals surface area contributed by atoms with E-state index in [2.05, 4.69) is 36.5 Å². The second-order valence-electron chi connectivity index (χ2n) is 5.87. The zero-order valence-electron chi connectivity index (χ0n) is 12.5. The average Bonchev–Trinajstić information content (AvgIpc) is 2.46. The quantitative estimate of drug-likeness (QED) is 0.647. The van der Waals surface area contributed by atoms with Gasteiger partial charge in [0.2, 0.25) is 0 Å². The number of aryl methyl sites for hydroxylation is 1. The summed E-state index contributed by atoms with van der Waals surface area (Å²) in [6.07, 6.45) is 12.2. The van der Waals surface area contributed by atoms with Gasteiger partial charge in [-0.25, -0.2) is 0 Å². The zero-order chi connectivity index (χ0) is 13.3. The monoisotopic (exact) mass is 259 g/mol. The molecule has 1 aromatic rings. The van der Waals surface area contributed by atoms with Gasteiger partial charge in [0.05, 0.1) is 0 Å². The van der Waals surface area contributed by atoms with Crippen LogP contribution in [0.4, 0.5) is 0 Å². The number of hydrogen-bond acceptors (Lipinski definition) is 1. The normalized spacial score (nSPS) is 18.3. The molecule has 0 aliphatic heterocycles. The minimum atomic E-state index is 0.612. The lowest BCUT2D eigenvalue weighted by atomic mass is 9.88. The first-order chi connectivity index (χ1) is 9.42. The first kappa shape index (κ1) is 14.6. The van der Waals surface area contributed by atoms with Gasteiger partial charge >= 0.3 is 0 Å². The van der Waals surface area contributed by atoms with Crippen molar-refractivity contribution in [2.24, 2.45) is 0 Å². The second-order valence-corrected chi connectivity index (χ2v) is 5.87. The highest BCUT2D eigenvalue weighted by molar-refractivity contribution is 5.32. The van der Waals surface area contributed by atoms with Crippen molar-refractivity contribution in [3.05, 3.63) is 35.4 Å². The molecule has 1 nitrogen and oxygen atoms in total. The molecule has 0 fully saturated rings. The molecular weight excluding hydrogens is 230 g/mol. The van der Waals surface area contributed by atoms with E-state index in [-0.39, 0.29) is 0 Å².